The van der Waals surface area contributed by atoms with Gasteiger partial charge in [0.25, 0.3) is 0 Å². The van der Waals surface area contributed by atoms with E-state index in [0.29, 0.717) is 12.6 Å². The standard InChI is InChI=1S/C15H23N3O2/c1-10-16-12-5-3-4-6-14(12)18(10)9-13(15(19)20-2)17-11-7-8-11/h11,13,17H,3-9H2,1-2H3. The van der Waals surface area contributed by atoms with Gasteiger partial charge in [0.2, 0.25) is 0 Å². The van der Waals surface area contributed by atoms with Gasteiger partial charge in [0, 0.05) is 11.7 Å². The monoisotopic (exact) mass is 277 g/mol. The summed E-state index contributed by atoms with van der Waals surface area (Å²) in [6.45, 7) is 2.67. The van der Waals surface area contributed by atoms with Crippen molar-refractivity contribution in [2.75, 3.05) is 7.11 Å². The van der Waals surface area contributed by atoms with Gasteiger partial charge in [-0.2, -0.15) is 0 Å². The zero-order chi connectivity index (χ0) is 14.1. The summed E-state index contributed by atoms with van der Waals surface area (Å²) in [5.74, 6) is 0.845. The van der Waals surface area contributed by atoms with Gasteiger partial charge < -0.3 is 14.6 Å². The first-order chi connectivity index (χ1) is 9.69. The number of aromatic nitrogens is 2. The molecule has 2 aliphatic carbocycles. The van der Waals surface area contributed by atoms with Gasteiger partial charge in [0.1, 0.15) is 11.9 Å². The van der Waals surface area contributed by atoms with Crippen LogP contribution in [-0.2, 0) is 28.9 Å². The predicted molar refractivity (Wildman–Crippen MR) is 75.6 cm³/mol. The number of nitrogens with zero attached hydrogens (tertiary/aromatic N) is 2. The van der Waals surface area contributed by atoms with Crippen LogP contribution in [0.5, 0.6) is 0 Å². The van der Waals surface area contributed by atoms with Crippen molar-refractivity contribution in [3.05, 3.63) is 17.2 Å². The molecule has 1 atom stereocenters. The predicted octanol–water partition coefficient (Wildman–Crippen LogP) is 1.36. The minimum absolute atomic E-state index is 0.172. The van der Waals surface area contributed by atoms with E-state index in [1.54, 1.807) is 0 Å². The molecule has 1 saturated carbocycles. The first kappa shape index (κ1) is 13.6. The highest BCUT2D eigenvalue weighted by molar-refractivity contribution is 5.75. The second-order valence-electron chi connectivity index (χ2n) is 5.89. The first-order valence-corrected chi connectivity index (χ1v) is 7.58. The van der Waals surface area contributed by atoms with E-state index in [0.717, 1.165) is 31.5 Å². The Morgan fingerprint density at radius 2 is 2.20 bits per heavy atom. The molecule has 0 radical (unpaired) electrons. The molecule has 1 aromatic rings. The van der Waals surface area contributed by atoms with Gasteiger partial charge in [-0.1, -0.05) is 0 Å². The molecule has 5 nitrogen and oxygen atoms in total. The maximum Gasteiger partial charge on any atom is 0.324 e. The highest BCUT2D eigenvalue weighted by Crippen LogP contribution is 2.24. The molecule has 0 saturated heterocycles. The van der Waals surface area contributed by atoms with Crippen molar-refractivity contribution in [2.24, 2.45) is 0 Å². The lowest BCUT2D eigenvalue weighted by atomic mass is 10.0. The Balaban J connectivity index is 1.80. The minimum Gasteiger partial charge on any atom is -0.468 e. The molecule has 0 spiro atoms. The van der Waals surface area contributed by atoms with Crippen LogP contribution < -0.4 is 5.32 Å². The molecule has 1 aromatic heterocycles. The van der Waals surface area contributed by atoms with Crippen LogP contribution in [0.15, 0.2) is 0 Å². The lowest BCUT2D eigenvalue weighted by Crippen LogP contribution is -2.42. The van der Waals surface area contributed by atoms with E-state index in [1.165, 1.54) is 31.3 Å². The molecule has 5 heteroatoms. The van der Waals surface area contributed by atoms with Gasteiger partial charge in [-0.15, -0.1) is 0 Å². The van der Waals surface area contributed by atoms with Crippen LogP contribution >= 0.6 is 0 Å². The smallest absolute Gasteiger partial charge is 0.324 e. The van der Waals surface area contributed by atoms with Crippen LogP contribution in [0.2, 0.25) is 0 Å². The summed E-state index contributed by atoms with van der Waals surface area (Å²) in [7, 11) is 1.46. The molecule has 0 aromatic carbocycles. The molecule has 1 unspecified atom stereocenters. The Morgan fingerprint density at radius 1 is 1.45 bits per heavy atom. The van der Waals surface area contributed by atoms with Crippen LogP contribution in [0.4, 0.5) is 0 Å². The molecule has 3 rings (SSSR count). The molecule has 1 N–H and O–H groups in total. The van der Waals surface area contributed by atoms with Gasteiger partial charge in [0.15, 0.2) is 0 Å². The van der Waals surface area contributed by atoms with Crippen molar-refractivity contribution in [2.45, 2.75) is 64.1 Å². The number of aryl methyl sites for hydroxylation is 2. The molecule has 0 bridgehead atoms. The molecule has 1 fully saturated rings. The fourth-order valence-electron chi connectivity index (χ4n) is 3.03. The Labute approximate surface area is 119 Å². The molecule has 20 heavy (non-hydrogen) atoms. The van der Waals surface area contributed by atoms with Gasteiger partial charge >= 0.3 is 5.97 Å². The van der Waals surface area contributed by atoms with Gasteiger partial charge in [-0.3, -0.25) is 4.79 Å². The second-order valence-corrected chi connectivity index (χ2v) is 5.89. The fraction of sp³-hybridized carbons (Fsp3) is 0.733. The largest absolute Gasteiger partial charge is 0.468 e. The average molecular weight is 277 g/mol. The number of fused-ring (bicyclic) bond motifs is 1. The minimum atomic E-state index is -0.258. The number of esters is 1. The van der Waals surface area contributed by atoms with Crippen LogP contribution in [0.1, 0.15) is 42.9 Å². The summed E-state index contributed by atoms with van der Waals surface area (Å²) in [4.78, 5) is 16.6. The molecule has 0 amide bonds. The van der Waals surface area contributed by atoms with Crippen LogP contribution in [0, 0.1) is 6.92 Å². The SMILES string of the molecule is COC(=O)C(Cn1c(C)nc2c1CCCC2)NC1CC1. The highest BCUT2D eigenvalue weighted by atomic mass is 16.5. The lowest BCUT2D eigenvalue weighted by molar-refractivity contribution is -0.143. The van der Waals surface area contributed by atoms with Crippen molar-refractivity contribution in [1.29, 1.82) is 0 Å². The van der Waals surface area contributed by atoms with E-state index in [-0.39, 0.29) is 12.0 Å². The van der Waals surface area contributed by atoms with Gasteiger partial charge in [-0.25, -0.2) is 4.98 Å². The van der Waals surface area contributed by atoms with Crippen molar-refractivity contribution in [1.82, 2.24) is 14.9 Å². The van der Waals surface area contributed by atoms with E-state index in [4.69, 9.17) is 4.74 Å². The fourth-order valence-corrected chi connectivity index (χ4v) is 3.03. The number of imidazole rings is 1. The van der Waals surface area contributed by atoms with Gasteiger partial charge in [0.05, 0.1) is 19.3 Å². The zero-order valence-electron chi connectivity index (χ0n) is 12.3. The summed E-state index contributed by atoms with van der Waals surface area (Å²) in [6.07, 6.45) is 6.92. The topological polar surface area (TPSA) is 56.2 Å². The third-order valence-electron chi connectivity index (χ3n) is 4.29. The molecular formula is C15H23N3O2. The summed E-state index contributed by atoms with van der Waals surface area (Å²) in [6, 6.07) is 0.227. The number of carbonyl (C=O) groups is 1. The van der Waals surface area contributed by atoms with Crippen LogP contribution in [0.25, 0.3) is 0 Å². The maximum atomic E-state index is 12.0. The Kier molecular flexibility index (Phi) is 3.78. The number of carbonyl (C=O) groups excluding carboxylic acids is 1. The lowest BCUT2D eigenvalue weighted by Gasteiger charge is -2.20. The summed E-state index contributed by atoms with van der Waals surface area (Å²) >= 11 is 0. The van der Waals surface area contributed by atoms with Crippen molar-refractivity contribution >= 4 is 5.97 Å². The van der Waals surface area contributed by atoms with Crippen molar-refractivity contribution in [3.63, 3.8) is 0 Å². The number of rotatable bonds is 5. The van der Waals surface area contributed by atoms with Crippen molar-refractivity contribution in [3.8, 4) is 0 Å². The van der Waals surface area contributed by atoms with E-state index in [2.05, 4.69) is 14.9 Å². The Hall–Kier alpha value is -1.36. The van der Waals surface area contributed by atoms with Crippen LogP contribution in [-0.4, -0.2) is 34.7 Å². The summed E-state index contributed by atoms with van der Waals surface area (Å²) < 4.78 is 7.15. The normalized spacial score (nSPS) is 19.5. The maximum absolute atomic E-state index is 12.0. The van der Waals surface area contributed by atoms with Crippen LogP contribution in [0.3, 0.4) is 0 Å². The quantitative estimate of drug-likeness (QED) is 0.826. The molecule has 110 valence electrons. The molecule has 1 heterocycles. The number of hydrogen-bond acceptors (Lipinski definition) is 4. The first-order valence-electron chi connectivity index (χ1n) is 7.58. The van der Waals surface area contributed by atoms with Gasteiger partial charge in [-0.05, 0) is 45.4 Å². The van der Waals surface area contributed by atoms with E-state index >= 15 is 0 Å². The highest BCUT2D eigenvalue weighted by Gasteiger charge is 2.30. The summed E-state index contributed by atoms with van der Waals surface area (Å²) in [5.41, 5.74) is 2.55. The zero-order valence-corrected chi connectivity index (χ0v) is 12.3. The van der Waals surface area contributed by atoms with E-state index in [9.17, 15) is 4.79 Å². The Morgan fingerprint density at radius 3 is 2.90 bits per heavy atom. The number of nitrogens with one attached hydrogen (secondary N) is 1. The molecule has 0 aliphatic heterocycles. The molecular weight excluding hydrogens is 254 g/mol. The second kappa shape index (κ2) is 5.56. The third-order valence-corrected chi connectivity index (χ3v) is 4.29. The summed E-state index contributed by atoms with van der Waals surface area (Å²) in [5, 5.41) is 3.39. The number of methoxy groups -OCH3 is 1. The third kappa shape index (κ3) is 2.73. The number of ether oxygens (including phenoxy) is 1. The number of hydrogen-bond donors (Lipinski definition) is 1. The van der Waals surface area contributed by atoms with Crippen molar-refractivity contribution < 1.29 is 9.53 Å². The van der Waals surface area contributed by atoms with E-state index < -0.39 is 0 Å². The Bertz CT molecular complexity index is 505. The average Bonchev–Trinajstić information content (AvgIpc) is 3.21. The molecule has 2 aliphatic rings. The van der Waals surface area contributed by atoms with E-state index in [1.807, 2.05) is 6.92 Å².